The average Bonchev–Trinajstić information content (AvgIpc) is 2.68. The molecule has 1 aromatic carbocycles. The molecule has 0 saturated carbocycles. The molecule has 0 bridgehead atoms. The van der Waals surface area contributed by atoms with E-state index in [1.54, 1.807) is 31.4 Å². The minimum atomic E-state index is -0.752. The highest BCUT2D eigenvalue weighted by Crippen LogP contribution is 2.12. The number of hydrogen-bond acceptors (Lipinski definition) is 4. The molecule has 1 atom stereocenters. The van der Waals surface area contributed by atoms with E-state index >= 15 is 0 Å². The zero-order valence-electron chi connectivity index (χ0n) is 10.4. The first kappa shape index (κ1) is 13.1. The summed E-state index contributed by atoms with van der Waals surface area (Å²) in [5.74, 6) is -0.391. The summed E-state index contributed by atoms with van der Waals surface area (Å²) in [6.07, 6.45) is 0.162. The Morgan fingerprint density at radius 2 is 2.05 bits per heavy atom. The van der Waals surface area contributed by atoms with Crippen LogP contribution >= 0.6 is 0 Å². The van der Waals surface area contributed by atoms with Gasteiger partial charge in [-0.2, -0.15) is 0 Å². The van der Waals surface area contributed by atoms with Crippen LogP contribution in [-0.4, -0.2) is 30.9 Å². The van der Waals surface area contributed by atoms with E-state index in [9.17, 15) is 14.4 Å². The van der Waals surface area contributed by atoms with E-state index in [1.807, 2.05) is 0 Å². The standard InChI is InChI=1S/C13H14N2O4/c1-19-9-4-2-8(3-5-9)6-11(16)14-10-7-12(17)15-13(10)18/h2-5,10H,6-7H2,1H3,(H,14,16)(H,15,17,18). The lowest BCUT2D eigenvalue weighted by Crippen LogP contribution is -2.40. The van der Waals surface area contributed by atoms with Gasteiger partial charge in [0, 0.05) is 0 Å². The van der Waals surface area contributed by atoms with Crippen molar-refractivity contribution in [2.45, 2.75) is 18.9 Å². The van der Waals surface area contributed by atoms with Gasteiger partial charge in [0.2, 0.25) is 17.7 Å². The van der Waals surface area contributed by atoms with Crippen LogP contribution in [0.3, 0.4) is 0 Å². The molecule has 19 heavy (non-hydrogen) atoms. The van der Waals surface area contributed by atoms with Crippen LogP contribution in [0.15, 0.2) is 24.3 Å². The second kappa shape index (κ2) is 5.51. The van der Waals surface area contributed by atoms with Gasteiger partial charge in [-0.15, -0.1) is 0 Å². The van der Waals surface area contributed by atoms with E-state index in [0.29, 0.717) is 5.75 Å². The quantitative estimate of drug-likeness (QED) is 0.734. The number of carbonyl (C=O) groups excluding carboxylic acids is 3. The molecular weight excluding hydrogens is 248 g/mol. The van der Waals surface area contributed by atoms with E-state index in [0.717, 1.165) is 5.56 Å². The third-order valence-electron chi connectivity index (χ3n) is 2.83. The fraction of sp³-hybridized carbons (Fsp3) is 0.308. The highest BCUT2D eigenvalue weighted by molar-refractivity contribution is 6.06. The SMILES string of the molecule is COc1ccc(CC(=O)NC2CC(=O)NC2=O)cc1. The first-order chi connectivity index (χ1) is 9.08. The number of ether oxygens (including phenoxy) is 1. The van der Waals surface area contributed by atoms with Gasteiger partial charge in [0.05, 0.1) is 20.0 Å². The van der Waals surface area contributed by atoms with Gasteiger partial charge in [0.25, 0.3) is 0 Å². The summed E-state index contributed by atoms with van der Waals surface area (Å²) < 4.78 is 5.02. The third-order valence-corrected chi connectivity index (χ3v) is 2.83. The number of imide groups is 1. The lowest BCUT2D eigenvalue weighted by Gasteiger charge is -2.09. The number of nitrogens with one attached hydrogen (secondary N) is 2. The number of amides is 3. The van der Waals surface area contributed by atoms with Crippen LogP contribution < -0.4 is 15.4 Å². The second-order valence-electron chi connectivity index (χ2n) is 4.26. The lowest BCUT2D eigenvalue weighted by atomic mass is 10.1. The first-order valence-electron chi connectivity index (χ1n) is 5.84. The number of rotatable bonds is 4. The number of methoxy groups -OCH3 is 1. The molecule has 0 aromatic heterocycles. The van der Waals surface area contributed by atoms with Gasteiger partial charge in [0.1, 0.15) is 11.8 Å². The molecule has 0 radical (unpaired) electrons. The van der Waals surface area contributed by atoms with Crippen LogP contribution in [-0.2, 0) is 20.8 Å². The van der Waals surface area contributed by atoms with Crippen molar-refractivity contribution in [3.05, 3.63) is 29.8 Å². The predicted molar refractivity (Wildman–Crippen MR) is 66.4 cm³/mol. The summed E-state index contributed by atoms with van der Waals surface area (Å²) in [6.45, 7) is 0. The van der Waals surface area contributed by atoms with Gasteiger partial charge < -0.3 is 10.1 Å². The first-order valence-corrected chi connectivity index (χ1v) is 5.84. The summed E-state index contributed by atoms with van der Waals surface area (Å²) >= 11 is 0. The van der Waals surface area contributed by atoms with E-state index < -0.39 is 11.9 Å². The van der Waals surface area contributed by atoms with Crippen molar-refractivity contribution in [1.29, 1.82) is 0 Å². The van der Waals surface area contributed by atoms with Gasteiger partial charge in [-0.1, -0.05) is 12.1 Å². The molecule has 2 N–H and O–H groups in total. The number of benzene rings is 1. The van der Waals surface area contributed by atoms with E-state index in [-0.39, 0.29) is 24.7 Å². The van der Waals surface area contributed by atoms with Gasteiger partial charge in [0.15, 0.2) is 0 Å². The van der Waals surface area contributed by atoms with Crippen LogP contribution in [0.25, 0.3) is 0 Å². The highest BCUT2D eigenvalue weighted by Gasteiger charge is 2.31. The van der Waals surface area contributed by atoms with Gasteiger partial charge in [-0.25, -0.2) is 0 Å². The van der Waals surface area contributed by atoms with Gasteiger partial charge in [-0.3, -0.25) is 19.7 Å². The average molecular weight is 262 g/mol. The van der Waals surface area contributed by atoms with Crippen LogP contribution in [0, 0.1) is 0 Å². The Kier molecular flexibility index (Phi) is 3.79. The van der Waals surface area contributed by atoms with Crippen molar-refractivity contribution in [2.24, 2.45) is 0 Å². The molecule has 0 spiro atoms. The molecule has 0 aliphatic carbocycles. The Balaban J connectivity index is 1.90. The van der Waals surface area contributed by atoms with Crippen molar-refractivity contribution >= 4 is 17.7 Å². The fourth-order valence-corrected chi connectivity index (χ4v) is 1.84. The summed E-state index contributed by atoms with van der Waals surface area (Å²) in [5.41, 5.74) is 0.808. The summed E-state index contributed by atoms with van der Waals surface area (Å²) in [6, 6.07) is 6.32. The maximum absolute atomic E-state index is 11.7. The minimum absolute atomic E-state index is 0.00713. The molecule has 1 unspecified atom stereocenters. The van der Waals surface area contributed by atoms with Crippen molar-refractivity contribution < 1.29 is 19.1 Å². The van der Waals surface area contributed by atoms with Crippen molar-refractivity contribution in [3.63, 3.8) is 0 Å². The minimum Gasteiger partial charge on any atom is -0.497 e. The van der Waals surface area contributed by atoms with Gasteiger partial charge in [-0.05, 0) is 17.7 Å². The van der Waals surface area contributed by atoms with Crippen molar-refractivity contribution in [2.75, 3.05) is 7.11 Å². The van der Waals surface area contributed by atoms with Crippen molar-refractivity contribution in [1.82, 2.24) is 10.6 Å². The van der Waals surface area contributed by atoms with Crippen molar-refractivity contribution in [3.8, 4) is 5.75 Å². The summed E-state index contributed by atoms with van der Waals surface area (Å²) in [5, 5.41) is 4.68. The Hall–Kier alpha value is -2.37. The fourth-order valence-electron chi connectivity index (χ4n) is 1.84. The van der Waals surface area contributed by atoms with Crippen LogP contribution in [0.5, 0.6) is 5.75 Å². The summed E-state index contributed by atoms with van der Waals surface area (Å²) in [4.78, 5) is 34.0. The maximum atomic E-state index is 11.7. The Bertz CT molecular complexity index is 510. The van der Waals surface area contributed by atoms with Gasteiger partial charge >= 0.3 is 0 Å². The van der Waals surface area contributed by atoms with Crippen LogP contribution in [0.2, 0.25) is 0 Å². The van der Waals surface area contributed by atoms with Crippen LogP contribution in [0.1, 0.15) is 12.0 Å². The molecule has 3 amide bonds. The Morgan fingerprint density at radius 3 is 2.58 bits per heavy atom. The largest absolute Gasteiger partial charge is 0.497 e. The topological polar surface area (TPSA) is 84.5 Å². The molecule has 6 nitrogen and oxygen atoms in total. The molecule has 1 aliphatic rings. The smallest absolute Gasteiger partial charge is 0.249 e. The Morgan fingerprint density at radius 1 is 1.37 bits per heavy atom. The highest BCUT2D eigenvalue weighted by atomic mass is 16.5. The molecule has 100 valence electrons. The number of carbonyl (C=O) groups is 3. The molecular formula is C13H14N2O4. The molecule has 1 fully saturated rings. The molecule has 1 heterocycles. The molecule has 6 heteroatoms. The summed E-state index contributed by atoms with van der Waals surface area (Å²) in [7, 11) is 1.57. The number of hydrogen-bond donors (Lipinski definition) is 2. The van der Waals surface area contributed by atoms with E-state index in [1.165, 1.54) is 0 Å². The maximum Gasteiger partial charge on any atom is 0.249 e. The monoisotopic (exact) mass is 262 g/mol. The van der Waals surface area contributed by atoms with Crippen LogP contribution in [0.4, 0.5) is 0 Å². The third kappa shape index (κ3) is 3.31. The zero-order valence-corrected chi connectivity index (χ0v) is 10.4. The van der Waals surface area contributed by atoms with E-state index in [2.05, 4.69) is 10.6 Å². The molecule has 2 rings (SSSR count). The van der Waals surface area contributed by atoms with E-state index in [4.69, 9.17) is 4.74 Å². The molecule has 1 aromatic rings. The molecule has 1 saturated heterocycles. The molecule has 1 aliphatic heterocycles. The normalized spacial score (nSPS) is 18.1. The second-order valence-corrected chi connectivity index (χ2v) is 4.26. The Labute approximate surface area is 110 Å². The zero-order chi connectivity index (χ0) is 13.8. The lowest BCUT2D eigenvalue weighted by molar-refractivity contribution is -0.128. The predicted octanol–water partition coefficient (Wildman–Crippen LogP) is -0.231.